The van der Waals surface area contributed by atoms with E-state index in [1.807, 2.05) is 12.1 Å². The Bertz CT molecular complexity index is 675. The molecule has 4 nitrogen and oxygen atoms in total. The summed E-state index contributed by atoms with van der Waals surface area (Å²) in [5.41, 5.74) is -0.280. The highest BCUT2D eigenvalue weighted by molar-refractivity contribution is 14.1. The minimum Gasteiger partial charge on any atom is -0.476 e. The summed E-state index contributed by atoms with van der Waals surface area (Å²) in [4.78, 5) is 15.5. The van der Waals surface area contributed by atoms with E-state index in [0.29, 0.717) is 11.8 Å². The minimum absolute atomic E-state index is 0.0709. The summed E-state index contributed by atoms with van der Waals surface area (Å²) in [6.07, 6.45) is -3.72. The highest BCUT2D eigenvalue weighted by Crippen LogP contribution is 2.29. The van der Waals surface area contributed by atoms with E-state index in [9.17, 15) is 18.0 Å². The van der Waals surface area contributed by atoms with Crippen molar-refractivity contribution >= 4 is 28.5 Å². The van der Waals surface area contributed by atoms with Crippen molar-refractivity contribution in [1.82, 2.24) is 10.3 Å². The molecule has 8 heteroatoms. The molecule has 0 fully saturated rings. The van der Waals surface area contributed by atoms with Crippen LogP contribution < -0.4 is 10.1 Å². The lowest BCUT2D eigenvalue weighted by atomic mass is 10.2. The predicted octanol–water partition coefficient (Wildman–Crippen LogP) is 3.51. The number of aromatic nitrogens is 1. The van der Waals surface area contributed by atoms with E-state index < -0.39 is 11.7 Å². The molecule has 0 atom stereocenters. The fraction of sp³-hybridized carbons (Fsp3) is 0.200. The molecule has 1 amide bonds. The number of nitrogens with one attached hydrogen (secondary N) is 1. The summed E-state index contributed by atoms with van der Waals surface area (Å²) in [5.74, 6) is -0.166. The van der Waals surface area contributed by atoms with Gasteiger partial charge in [0, 0.05) is 15.8 Å². The van der Waals surface area contributed by atoms with Crippen LogP contribution in [0, 0.1) is 3.57 Å². The Morgan fingerprint density at radius 3 is 2.57 bits per heavy atom. The molecule has 0 unspecified atom stereocenters. The Morgan fingerprint density at radius 1 is 1.22 bits per heavy atom. The zero-order chi connectivity index (χ0) is 16.9. The zero-order valence-corrected chi connectivity index (χ0v) is 13.9. The third kappa shape index (κ3) is 5.08. The van der Waals surface area contributed by atoms with Crippen molar-refractivity contribution in [3.05, 3.63) is 57.3 Å². The maximum Gasteiger partial charge on any atom is 0.417 e. The Hall–Kier alpha value is -1.84. The second kappa shape index (κ2) is 7.62. The van der Waals surface area contributed by atoms with Crippen LogP contribution in [0.15, 0.2) is 42.6 Å². The fourth-order valence-corrected chi connectivity index (χ4v) is 2.33. The first-order valence-electron chi connectivity index (χ1n) is 6.56. The molecular formula is C15H12F3IN2O2. The molecule has 1 aromatic carbocycles. The van der Waals surface area contributed by atoms with Crippen molar-refractivity contribution in [1.29, 1.82) is 0 Å². The molecule has 2 rings (SSSR count). The molecule has 1 N–H and O–H groups in total. The van der Waals surface area contributed by atoms with Crippen molar-refractivity contribution in [3.63, 3.8) is 0 Å². The van der Waals surface area contributed by atoms with E-state index in [4.69, 9.17) is 4.74 Å². The lowest BCUT2D eigenvalue weighted by Gasteiger charge is -2.09. The largest absolute Gasteiger partial charge is 0.476 e. The first-order chi connectivity index (χ1) is 10.9. The molecule has 0 saturated heterocycles. The average Bonchev–Trinajstić information content (AvgIpc) is 2.51. The first kappa shape index (κ1) is 17.5. The van der Waals surface area contributed by atoms with Crippen LogP contribution in [0.3, 0.4) is 0 Å². The summed E-state index contributed by atoms with van der Waals surface area (Å²) in [7, 11) is 0. The van der Waals surface area contributed by atoms with Gasteiger partial charge < -0.3 is 10.1 Å². The van der Waals surface area contributed by atoms with Crippen molar-refractivity contribution in [3.8, 4) is 5.88 Å². The summed E-state index contributed by atoms with van der Waals surface area (Å²) >= 11 is 2.06. The number of pyridine rings is 1. The molecule has 0 aliphatic heterocycles. The molecular weight excluding hydrogens is 424 g/mol. The number of rotatable bonds is 5. The number of amides is 1. The van der Waals surface area contributed by atoms with Crippen LogP contribution in [0.4, 0.5) is 13.2 Å². The van der Waals surface area contributed by atoms with Gasteiger partial charge in [-0.25, -0.2) is 4.98 Å². The summed E-state index contributed by atoms with van der Waals surface area (Å²) < 4.78 is 43.2. The topological polar surface area (TPSA) is 51.2 Å². The molecule has 0 spiro atoms. The first-order valence-corrected chi connectivity index (χ1v) is 7.64. The van der Waals surface area contributed by atoms with E-state index >= 15 is 0 Å². The number of carbonyl (C=O) groups excluding carboxylic acids is 1. The third-order valence-corrected chi connectivity index (χ3v) is 3.76. The van der Waals surface area contributed by atoms with Crippen LogP contribution in [-0.4, -0.2) is 24.0 Å². The van der Waals surface area contributed by atoms with E-state index in [-0.39, 0.29) is 24.9 Å². The molecule has 23 heavy (non-hydrogen) atoms. The smallest absolute Gasteiger partial charge is 0.417 e. The summed E-state index contributed by atoms with van der Waals surface area (Å²) in [6, 6.07) is 9.16. The van der Waals surface area contributed by atoms with E-state index in [1.165, 1.54) is 0 Å². The van der Waals surface area contributed by atoms with Gasteiger partial charge in [-0.15, -0.1) is 0 Å². The zero-order valence-electron chi connectivity index (χ0n) is 11.7. The monoisotopic (exact) mass is 436 g/mol. The second-order valence-electron chi connectivity index (χ2n) is 4.47. The van der Waals surface area contributed by atoms with Crippen LogP contribution >= 0.6 is 22.6 Å². The predicted molar refractivity (Wildman–Crippen MR) is 86.2 cm³/mol. The summed E-state index contributed by atoms with van der Waals surface area (Å²) in [5, 5.41) is 2.67. The van der Waals surface area contributed by atoms with Gasteiger partial charge in [0.1, 0.15) is 6.61 Å². The molecule has 1 heterocycles. The number of hydrogen-bond donors (Lipinski definition) is 1. The van der Waals surface area contributed by atoms with Gasteiger partial charge in [0.2, 0.25) is 5.88 Å². The molecule has 0 bridgehead atoms. The fourth-order valence-electron chi connectivity index (χ4n) is 1.69. The van der Waals surface area contributed by atoms with Gasteiger partial charge in [0.15, 0.2) is 0 Å². The molecule has 1 aromatic heterocycles. The van der Waals surface area contributed by atoms with Gasteiger partial charge in [0.05, 0.1) is 17.7 Å². The third-order valence-electron chi connectivity index (χ3n) is 2.82. The number of benzene rings is 1. The van der Waals surface area contributed by atoms with E-state index in [2.05, 4.69) is 32.9 Å². The molecule has 2 aromatic rings. The molecule has 0 aliphatic rings. The van der Waals surface area contributed by atoms with Gasteiger partial charge in [-0.3, -0.25) is 4.79 Å². The van der Waals surface area contributed by atoms with Crippen LogP contribution in [0.2, 0.25) is 0 Å². The average molecular weight is 436 g/mol. The number of alkyl halides is 3. The number of carbonyl (C=O) groups is 1. The van der Waals surface area contributed by atoms with E-state index in [1.54, 1.807) is 12.1 Å². The summed E-state index contributed by atoms with van der Waals surface area (Å²) in [6.45, 7) is 0.319. The second-order valence-corrected chi connectivity index (χ2v) is 5.63. The van der Waals surface area contributed by atoms with Gasteiger partial charge >= 0.3 is 6.18 Å². The Kier molecular flexibility index (Phi) is 5.80. The number of hydrogen-bond acceptors (Lipinski definition) is 3. The highest BCUT2D eigenvalue weighted by atomic mass is 127. The van der Waals surface area contributed by atoms with Crippen molar-refractivity contribution in [2.45, 2.75) is 6.18 Å². The molecule has 122 valence electrons. The van der Waals surface area contributed by atoms with Crippen molar-refractivity contribution in [2.24, 2.45) is 0 Å². The number of nitrogens with zero attached hydrogens (tertiary/aromatic N) is 1. The maximum atomic E-state index is 12.4. The Labute approximate surface area is 144 Å². The maximum absolute atomic E-state index is 12.4. The van der Waals surface area contributed by atoms with Gasteiger partial charge in [-0.2, -0.15) is 13.2 Å². The van der Waals surface area contributed by atoms with Gasteiger partial charge in [-0.1, -0.05) is 12.1 Å². The molecule has 0 saturated carbocycles. The normalized spacial score (nSPS) is 11.1. The van der Waals surface area contributed by atoms with Gasteiger partial charge in [-0.05, 0) is 40.8 Å². The quantitative estimate of drug-likeness (QED) is 0.577. The SMILES string of the molecule is O=C(NCCOc1ccc(C(F)(F)F)cn1)c1ccccc1I. The van der Waals surface area contributed by atoms with Crippen LogP contribution in [0.25, 0.3) is 0 Å². The minimum atomic E-state index is -4.42. The van der Waals surface area contributed by atoms with Crippen molar-refractivity contribution < 1.29 is 22.7 Å². The lowest BCUT2D eigenvalue weighted by Crippen LogP contribution is -2.28. The van der Waals surface area contributed by atoms with Crippen LogP contribution in [0.1, 0.15) is 15.9 Å². The van der Waals surface area contributed by atoms with E-state index in [0.717, 1.165) is 15.7 Å². The number of ether oxygens (including phenoxy) is 1. The Balaban J connectivity index is 1.79. The lowest BCUT2D eigenvalue weighted by molar-refractivity contribution is -0.137. The highest BCUT2D eigenvalue weighted by Gasteiger charge is 2.30. The van der Waals surface area contributed by atoms with Crippen molar-refractivity contribution in [2.75, 3.05) is 13.2 Å². The Morgan fingerprint density at radius 2 is 1.96 bits per heavy atom. The molecule has 0 aliphatic carbocycles. The standard InChI is InChI=1S/C15H12F3IN2O2/c16-15(17,18)10-5-6-13(21-9-10)23-8-7-20-14(22)11-3-1-2-4-12(11)19/h1-6,9H,7-8H2,(H,20,22). The number of halogens is 4. The van der Waals surface area contributed by atoms with Crippen LogP contribution in [-0.2, 0) is 6.18 Å². The molecule has 0 radical (unpaired) electrons. The van der Waals surface area contributed by atoms with Crippen LogP contribution in [0.5, 0.6) is 5.88 Å². The van der Waals surface area contributed by atoms with Gasteiger partial charge in [0.25, 0.3) is 5.91 Å².